The SMILES string of the molecule is CC.O=c1[n-]c2ccccc2o1.[CH3-].[Y]. The maximum Gasteiger partial charge on any atom is 0.238 e. The molecule has 0 saturated heterocycles. The van der Waals surface area contributed by atoms with Gasteiger partial charge in [-0.05, 0) is 6.07 Å². The molecule has 0 aliphatic heterocycles. The third kappa shape index (κ3) is 3.76. The van der Waals surface area contributed by atoms with Crippen LogP contribution in [0.25, 0.3) is 11.1 Å². The molecule has 1 aromatic carbocycles. The third-order valence-corrected chi connectivity index (χ3v) is 1.27. The number of hydrogen-bond donors (Lipinski definition) is 0. The molecular formula is C10H13NO2Y-2. The fourth-order valence-electron chi connectivity index (χ4n) is 0.851. The molecule has 0 unspecified atom stereocenters. The Morgan fingerprint density at radius 2 is 1.79 bits per heavy atom. The molecule has 0 N–H and O–H groups in total. The third-order valence-electron chi connectivity index (χ3n) is 1.27. The van der Waals surface area contributed by atoms with Gasteiger partial charge in [-0.15, -0.1) is 0 Å². The Balaban J connectivity index is 0. The van der Waals surface area contributed by atoms with Gasteiger partial charge in [0.25, 0.3) is 0 Å². The summed E-state index contributed by atoms with van der Waals surface area (Å²) in [6.45, 7) is 4.00. The van der Waals surface area contributed by atoms with Gasteiger partial charge in [0.2, 0.25) is 5.76 Å². The molecule has 1 heterocycles. The molecule has 2 rings (SSSR count). The molecule has 0 aliphatic rings. The van der Waals surface area contributed by atoms with Crippen molar-refractivity contribution in [1.29, 1.82) is 0 Å². The van der Waals surface area contributed by atoms with Crippen LogP contribution in [0.2, 0.25) is 0 Å². The predicted octanol–water partition coefficient (Wildman–Crippen LogP) is 2.22. The van der Waals surface area contributed by atoms with Gasteiger partial charge in [-0.1, -0.05) is 37.6 Å². The van der Waals surface area contributed by atoms with Crippen LogP contribution in [0.1, 0.15) is 13.8 Å². The van der Waals surface area contributed by atoms with Crippen molar-refractivity contribution in [2.45, 2.75) is 13.8 Å². The minimum absolute atomic E-state index is 0. The standard InChI is InChI=1S/C7H5NO2.C2H6.CH3.Y/c9-7-8-5-3-1-2-4-6(5)10-7;1-2;;/h1-4H,(H,8,9);1-2H3;1H3;/q;;-1;/p-1. The van der Waals surface area contributed by atoms with Gasteiger partial charge >= 0.3 is 0 Å². The van der Waals surface area contributed by atoms with Crippen LogP contribution in [-0.4, -0.2) is 0 Å². The zero-order valence-corrected chi connectivity index (χ0v) is 11.5. The van der Waals surface area contributed by atoms with Crippen molar-refractivity contribution < 1.29 is 37.1 Å². The number of rotatable bonds is 0. The largest absolute Gasteiger partial charge is 0.587 e. The number of para-hydroxylation sites is 2. The van der Waals surface area contributed by atoms with E-state index in [9.17, 15) is 4.79 Å². The molecular weight excluding hydrogens is 255 g/mol. The number of nitrogens with zero attached hydrogens (tertiary/aromatic N) is 1. The maximum atomic E-state index is 10.5. The second kappa shape index (κ2) is 7.95. The summed E-state index contributed by atoms with van der Waals surface area (Å²) in [6.07, 6.45) is 0. The second-order valence-electron chi connectivity index (χ2n) is 1.95. The summed E-state index contributed by atoms with van der Waals surface area (Å²) < 4.78 is 4.70. The van der Waals surface area contributed by atoms with Gasteiger partial charge in [0.05, 0.1) is 0 Å². The van der Waals surface area contributed by atoms with E-state index in [4.69, 9.17) is 4.42 Å². The number of benzene rings is 1. The average Bonchev–Trinajstić information content (AvgIpc) is 2.48. The molecule has 0 atom stereocenters. The Morgan fingerprint density at radius 1 is 1.21 bits per heavy atom. The van der Waals surface area contributed by atoms with Gasteiger partial charge in [-0.3, -0.25) is 4.79 Å². The molecule has 3 nitrogen and oxygen atoms in total. The summed E-state index contributed by atoms with van der Waals surface area (Å²) in [5.74, 6) is -0.527. The van der Waals surface area contributed by atoms with Crippen LogP contribution in [0.5, 0.6) is 0 Å². The molecule has 1 radical (unpaired) electrons. The van der Waals surface area contributed by atoms with E-state index >= 15 is 0 Å². The van der Waals surface area contributed by atoms with Crippen LogP contribution in [0.3, 0.4) is 0 Å². The Hall–Kier alpha value is -0.406. The molecule has 4 heteroatoms. The van der Waals surface area contributed by atoms with Gasteiger partial charge in [0.1, 0.15) is 5.58 Å². The van der Waals surface area contributed by atoms with Crippen molar-refractivity contribution in [3.05, 3.63) is 42.2 Å². The predicted molar refractivity (Wildman–Crippen MR) is 53.6 cm³/mol. The fourth-order valence-corrected chi connectivity index (χ4v) is 0.851. The van der Waals surface area contributed by atoms with Crippen LogP contribution in [0.4, 0.5) is 0 Å². The van der Waals surface area contributed by atoms with Crippen molar-refractivity contribution in [2.24, 2.45) is 0 Å². The molecule has 0 aliphatic carbocycles. The first-order chi connectivity index (χ1) is 5.86. The van der Waals surface area contributed by atoms with Crippen LogP contribution in [-0.2, 0) is 32.7 Å². The molecule has 2 aromatic rings. The quantitative estimate of drug-likeness (QED) is 0.688. The maximum absolute atomic E-state index is 10.5. The van der Waals surface area contributed by atoms with Crippen LogP contribution in [0.15, 0.2) is 33.5 Å². The Kier molecular flexibility index (Phi) is 9.11. The van der Waals surface area contributed by atoms with Crippen molar-refractivity contribution in [2.75, 3.05) is 0 Å². The zero-order valence-electron chi connectivity index (χ0n) is 8.65. The minimum Gasteiger partial charge on any atom is -0.587 e. The average molecular weight is 268 g/mol. The molecule has 1 aromatic heterocycles. The molecule has 0 amide bonds. The van der Waals surface area contributed by atoms with Gasteiger partial charge in [0, 0.05) is 32.7 Å². The van der Waals surface area contributed by atoms with E-state index in [1.165, 1.54) is 0 Å². The second-order valence-corrected chi connectivity index (χ2v) is 1.95. The number of oxazole rings is 1. The minimum atomic E-state index is -0.527. The van der Waals surface area contributed by atoms with E-state index < -0.39 is 5.76 Å². The van der Waals surface area contributed by atoms with Gasteiger partial charge in [0.15, 0.2) is 0 Å². The number of aromatic nitrogens is 1. The van der Waals surface area contributed by atoms with E-state index in [2.05, 4.69) is 4.98 Å². The van der Waals surface area contributed by atoms with Gasteiger partial charge < -0.3 is 16.8 Å². The normalized spacial score (nSPS) is 7.86. The summed E-state index contributed by atoms with van der Waals surface area (Å²) in [4.78, 5) is 14.1. The first kappa shape index (κ1) is 16.0. The van der Waals surface area contributed by atoms with E-state index in [0.717, 1.165) is 0 Å². The Labute approximate surface area is 109 Å². The number of fused-ring (bicyclic) bond motifs is 1. The van der Waals surface area contributed by atoms with Crippen LogP contribution < -0.4 is 10.7 Å². The van der Waals surface area contributed by atoms with Crippen LogP contribution in [0, 0.1) is 7.43 Å². The van der Waals surface area contributed by atoms with Crippen molar-refractivity contribution in [3.63, 3.8) is 0 Å². The van der Waals surface area contributed by atoms with Crippen molar-refractivity contribution in [3.8, 4) is 0 Å². The van der Waals surface area contributed by atoms with E-state index in [0.29, 0.717) is 11.1 Å². The summed E-state index contributed by atoms with van der Waals surface area (Å²) in [5, 5.41) is 0. The fraction of sp³-hybridized carbons (Fsp3) is 0.200. The van der Waals surface area contributed by atoms with Gasteiger partial charge in [-0.25, -0.2) is 0 Å². The van der Waals surface area contributed by atoms with E-state index in [1.54, 1.807) is 18.2 Å². The first-order valence-corrected chi connectivity index (χ1v) is 3.89. The summed E-state index contributed by atoms with van der Waals surface area (Å²) >= 11 is 0. The molecule has 0 fully saturated rings. The van der Waals surface area contributed by atoms with Crippen LogP contribution >= 0.6 is 0 Å². The van der Waals surface area contributed by atoms with Crippen molar-refractivity contribution >= 4 is 11.1 Å². The molecule has 0 spiro atoms. The summed E-state index contributed by atoms with van der Waals surface area (Å²) in [6, 6.07) is 7.06. The smallest absolute Gasteiger partial charge is 0.238 e. The monoisotopic (exact) mass is 268 g/mol. The molecule has 0 bridgehead atoms. The van der Waals surface area contributed by atoms with Gasteiger partial charge in [-0.2, -0.15) is 0 Å². The topological polar surface area (TPSA) is 44.3 Å². The van der Waals surface area contributed by atoms with E-state index in [-0.39, 0.29) is 40.1 Å². The molecule has 75 valence electrons. The van der Waals surface area contributed by atoms with E-state index in [1.807, 2.05) is 19.9 Å². The Bertz CT molecular complexity index is 369. The molecule has 14 heavy (non-hydrogen) atoms. The first-order valence-electron chi connectivity index (χ1n) is 3.89. The Morgan fingerprint density at radius 3 is 2.36 bits per heavy atom. The number of hydrogen-bond acceptors (Lipinski definition) is 2. The summed E-state index contributed by atoms with van der Waals surface area (Å²) in [5.41, 5.74) is 1.17. The zero-order chi connectivity index (χ0) is 8.97. The molecule has 0 saturated carbocycles. The van der Waals surface area contributed by atoms with Crippen molar-refractivity contribution in [1.82, 2.24) is 4.98 Å². The summed E-state index contributed by atoms with van der Waals surface area (Å²) in [7, 11) is 0.